The molecule has 1 aromatic heterocycles. The van der Waals surface area contributed by atoms with Crippen LogP contribution in [0.3, 0.4) is 0 Å². The number of halogens is 4. The number of nitrogens with one attached hydrogen (secondary N) is 2. The standard InChI is InChI=1S/C17H12Cl3FN4S/c18-10-4-5-14(20)16(6-10)24-17(26)23-11-7-22-25(8-11)9-12-13(19)2-1-3-15(12)21/h1-8H,9H2,(H2,23,24,26). The molecule has 3 rings (SSSR count). The highest BCUT2D eigenvalue weighted by atomic mass is 35.5. The molecule has 0 atom stereocenters. The number of thiocarbonyl (C=S) groups is 1. The molecule has 2 N–H and O–H groups in total. The number of hydrogen-bond donors (Lipinski definition) is 2. The van der Waals surface area contributed by atoms with E-state index in [1.807, 2.05) is 0 Å². The Morgan fingerprint density at radius 1 is 1.12 bits per heavy atom. The maximum absolute atomic E-state index is 13.9. The molecule has 4 nitrogen and oxygen atoms in total. The van der Waals surface area contributed by atoms with Gasteiger partial charge in [0, 0.05) is 21.8 Å². The summed E-state index contributed by atoms with van der Waals surface area (Å²) in [6.45, 7) is 0.202. The van der Waals surface area contributed by atoms with Crippen molar-refractivity contribution < 1.29 is 4.39 Å². The fraction of sp³-hybridized carbons (Fsp3) is 0.0588. The van der Waals surface area contributed by atoms with Crippen LogP contribution in [-0.2, 0) is 6.54 Å². The second-order valence-corrected chi connectivity index (χ2v) is 6.99. The van der Waals surface area contributed by atoms with Gasteiger partial charge in [-0.15, -0.1) is 0 Å². The Bertz CT molecular complexity index is 941. The molecule has 0 fully saturated rings. The normalized spacial score (nSPS) is 10.6. The van der Waals surface area contributed by atoms with E-state index in [1.54, 1.807) is 47.4 Å². The van der Waals surface area contributed by atoms with E-state index in [-0.39, 0.29) is 12.4 Å². The van der Waals surface area contributed by atoms with E-state index in [0.29, 0.717) is 37.1 Å². The number of aromatic nitrogens is 2. The van der Waals surface area contributed by atoms with Gasteiger partial charge in [0.15, 0.2) is 5.11 Å². The highest BCUT2D eigenvalue weighted by Gasteiger charge is 2.10. The monoisotopic (exact) mass is 428 g/mol. The summed E-state index contributed by atoms with van der Waals surface area (Å²) in [4.78, 5) is 0. The van der Waals surface area contributed by atoms with Crippen molar-refractivity contribution >= 4 is 63.5 Å². The number of nitrogens with zero attached hydrogens (tertiary/aromatic N) is 2. The summed E-state index contributed by atoms with van der Waals surface area (Å²) in [6.07, 6.45) is 3.26. The Morgan fingerprint density at radius 2 is 1.92 bits per heavy atom. The summed E-state index contributed by atoms with van der Waals surface area (Å²) < 4.78 is 15.4. The summed E-state index contributed by atoms with van der Waals surface area (Å²) in [5.74, 6) is -0.379. The van der Waals surface area contributed by atoms with E-state index in [2.05, 4.69) is 15.7 Å². The van der Waals surface area contributed by atoms with Crippen molar-refractivity contribution in [3.8, 4) is 0 Å². The summed E-state index contributed by atoms with van der Waals surface area (Å²) >= 11 is 23.3. The second-order valence-electron chi connectivity index (χ2n) is 5.33. The van der Waals surface area contributed by atoms with Crippen molar-refractivity contribution in [3.63, 3.8) is 0 Å². The Labute approximate surface area is 169 Å². The first-order chi connectivity index (χ1) is 12.4. The molecule has 0 radical (unpaired) electrons. The molecule has 26 heavy (non-hydrogen) atoms. The van der Waals surface area contributed by atoms with Crippen LogP contribution in [0.25, 0.3) is 0 Å². The quantitative estimate of drug-likeness (QED) is 0.511. The molecule has 134 valence electrons. The summed E-state index contributed by atoms with van der Waals surface area (Å²) in [5.41, 5.74) is 1.59. The topological polar surface area (TPSA) is 41.9 Å². The van der Waals surface area contributed by atoms with Crippen LogP contribution >= 0.6 is 47.0 Å². The third kappa shape index (κ3) is 4.65. The molecule has 0 spiro atoms. The van der Waals surface area contributed by atoms with Crippen LogP contribution in [0.1, 0.15) is 5.56 Å². The van der Waals surface area contributed by atoms with Crippen LogP contribution in [0.15, 0.2) is 48.8 Å². The van der Waals surface area contributed by atoms with E-state index in [9.17, 15) is 4.39 Å². The van der Waals surface area contributed by atoms with Gasteiger partial charge in [-0.2, -0.15) is 5.10 Å². The maximum atomic E-state index is 13.9. The average molecular weight is 430 g/mol. The Balaban J connectivity index is 1.66. The van der Waals surface area contributed by atoms with Gasteiger partial charge in [-0.25, -0.2) is 4.39 Å². The zero-order valence-electron chi connectivity index (χ0n) is 13.1. The molecule has 0 amide bonds. The number of benzene rings is 2. The lowest BCUT2D eigenvalue weighted by molar-refractivity contribution is 0.585. The molecule has 0 saturated heterocycles. The van der Waals surface area contributed by atoms with Crippen molar-refractivity contribution in [1.29, 1.82) is 0 Å². The first-order valence-corrected chi connectivity index (χ1v) is 8.95. The van der Waals surface area contributed by atoms with Gasteiger partial charge in [-0.1, -0.05) is 40.9 Å². The van der Waals surface area contributed by atoms with Crippen molar-refractivity contribution in [2.75, 3.05) is 10.6 Å². The fourth-order valence-electron chi connectivity index (χ4n) is 2.24. The zero-order chi connectivity index (χ0) is 18.7. The van der Waals surface area contributed by atoms with Crippen molar-refractivity contribution in [2.45, 2.75) is 6.54 Å². The summed E-state index contributed by atoms with van der Waals surface area (Å²) in [7, 11) is 0. The van der Waals surface area contributed by atoms with Gasteiger partial charge in [0.1, 0.15) is 5.82 Å². The molecule has 0 aliphatic rings. The highest BCUT2D eigenvalue weighted by Crippen LogP contribution is 2.25. The van der Waals surface area contributed by atoms with Crippen LogP contribution in [0, 0.1) is 5.82 Å². The van der Waals surface area contributed by atoms with Gasteiger partial charge in [0.25, 0.3) is 0 Å². The smallest absolute Gasteiger partial charge is 0.175 e. The molecule has 0 aliphatic carbocycles. The minimum Gasteiger partial charge on any atom is -0.331 e. The van der Waals surface area contributed by atoms with Crippen molar-refractivity contribution in [1.82, 2.24) is 9.78 Å². The molecule has 1 heterocycles. The van der Waals surface area contributed by atoms with Gasteiger partial charge >= 0.3 is 0 Å². The predicted molar refractivity (Wildman–Crippen MR) is 109 cm³/mol. The van der Waals surface area contributed by atoms with E-state index in [0.717, 1.165) is 0 Å². The van der Waals surface area contributed by atoms with Crippen LogP contribution in [0.2, 0.25) is 15.1 Å². The minimum absolute atomic E-state index is 0.202. The molecule has 3 aromatic rings. The molecule has 2 aromatic carbocycles. The van der Waals surface area contributed by atoms with E-state index < -0.39 is 0 Å². The fourth-order valence-corrected chi connectivity index (χ4v) is 3.03. The molecular weight excluding hydrogens is 418 g/mol. The molecule has 0 unspecified atom stereocenters. The van der Waals surface area contributed by atoms with Gasteiger partial charge in [0.05, 0.1) is 29.1 Å². The highest BCUT2D eigenvalue weighted by molar-refractivity contribution is 7.80. The summed E-state index contributed by atoms with van der Waals surface area (Å²) in [5, 5.41) is 11.8. The zero-order valence-corrected chi connectivity index (χ0v) is 16.2. The SMILES string of the molecule is Fc1cccc(Cl)c1Cn1cc(NC(=S)Nc2cc(Cl)ccc2Cl)cn1. The van der Waals surface area contributed by atoms with Gasteiger partial charge in [0.2, 0.25) is 0 Å². The average Bonchev–Trinajstić information content (AvgIpc) is 3.01. The molecular formula is C17H12Cl3FN4S. The predicted octanol–water partition coefficient (Wildman–Crippen LogP) is 5.84. The Morgan fingerprint density at radius 3 is 2.69 bits per heavy atom. The van der Waals surface area contributed by atoms with Crippen LogP contribution in [-0.4, -0.2) is 14.9 Å². The number of hydrogen-bond acceptors (Lipinski definition) is 2. The molecule has 9 heteroatoms. The Kier molecular flexibility index (Phi) is 5.98. The first kappa shape index (κ1) is 18.9. The van der Waals surface area contributed by atoms with Crippen molar-refractivity contribution in [2.24, 2.45) is 0 Å². The second kappa shape index (κ2) is 8.22. The lowest BCUT2D eigenvalue weighted by Gasteiger charge is -2.10. The minimum atomic E-state index is -0.379. The van der Waals surface area contributed by atoms with E-state index in [1.165, 1.54) is 6.07 Å². The lowest BCUT2D eigenvalue weighted by atomic mass is 10.2. The van der Waals surface area contributed by atoms with Gasteiger partial charge < -0.3 is 10.6 Å². The largest absolute Gasteiger partial charge is 0.331 e. The molecule has 0 saturated carbocycles. The van der Waals surface area contributed by atoms with Gasteiger partial charge in [-0.05, 0) is 42.5 Å². The number of anilines is 2. The third-order valence-corrected chi connectivity index (χ3v) is 4.57. The van der Waals surface area contributed by atoms with Crippen LogP contribution < -0.4 is 10.6 Å². The van der Waals surface area contributed by atoms with Crippen molar-refractivity contribution in [3.05, 3.63) is 75.2 Å². The third-order valence-electron chi connectivity index (χ3n) is 3.45. The van der Waals surface area contributed by atoms with Crippen LogP contribution in [0.4, 0.5) is 15.8 Å². The van der Waals surface area contributed by atoms with E-state index in [4.69, 9.17) is 47.0 Å². The summed E-state index contributed by atoms with van der Waals surface area (Å²) in [6, 6.07) is 9.58. The number of rotatable bonds is 4. The lowest BCUT2D eigenvalue weighted by Crippen LogP contribution is -2.19. The first-order valence-electron chi connectivity index (χ1n) is 7.41. The maximum Gasteiger partial charge on any atom is 0.175 e. The Hall–Kier alpha value is -1.86. The molecule has 0 bridgehead atoms. The van der Waals surface area contributed by atoms with E-state index >= 15 is 0 Å². The van der Waals surface area contributed by atoms with Gasteiger partial charge in [-0.3, -0.25) is 4.68 Å². The van der Waals surface area contributed by atoms with Crippen LogP contribution in [0.5, 0.6) is 0 Å². The molecule has 0 aliphatic heterocycles.